The fourth-order valence-corrected chi connectivity index (χ4v) is 4.45. The van der Waals surface area contributed by atoms with Crippen LogP contribution in [-0.2, 0) is 20.9 Å². The summed E-state index contributed by atoms with van der Waals surface area (Å²) in [5, 5.41) is 0. The van der Waals surface area contributed by atoms with Crippen molar-refractivity contribution >= 4 is 41.7 Å². The van der Waals surface area contributed by atoms with E-state index < -0.39 is 14.1 Å². The molecule has 1 aromatic rings. The van der Waals surface area contributed by atoms with Gasteiger partial charge in [0.15, 0.2) is 0 Å². The highest BCUT2D eigenvalue weighted by atomic mass is 79.9. The summed E-state index contributed by atoms with van der Waals surface area (Å²) in [6.45, 7) is 7.66. The summed E-state index contributed by atoms with van der Waals surface area (Å²) in [7, 11) is -1.23. The van der Waals surface area contributed by atoms with Gasteiger partial charge in [-0.05, 0) is 30.2 Å². The number of hydrogen-bond acceptors (Lipinski definition) is 4. The van der Waals surface area contributed by atoms with Crippen LogP contribution in [0.25, 0.3) is 0 Å². The molecule has 27 heavy (non-hydrogen) atoms. The summed E-state index contributed by atoms with van der Waals surface area (Å²) in [5.74, 6) is -0.714. The van der Waals surface area contributed by atoms with Crippen molar-refractivity contribution in [3.63, 3.8) is 0 Å². The molecule has 146 valence electrons. The number of rotatable bonds is 6. The van der Waals surface area contributed by atoms with Crippen LogP contribution in [0.3, 0.4) is 0 Å². The van der Waals surface area contributed by atoms with E-state index in [9.17, 15) is 14.4 Å². The van der Waals surface area contributed by atoms with Gasteiger partial charge in [-0.15, -0.1) is 0 Å². The maximum absolute atomic E-state index is 12.9. The van der Waals surface area contributed by atoms with Gasteiger partial charge in [-0.2, -0.15) is 0 Å². The number of imide groups is 1. The molecular weight excluding hydrogens is 428 g/mol. The Hall–Kier alpha value is -1.51. The first-order valence-corrected chi connectivity index (χ1v) is 13.7. The molecule has 1 fully saturated rings. The van der Waals surface area contributed by atoms with Crippen molar-refractivity contribution in [1.29, 1.82) is 0 Å². The summed E-state index contributed by atoms with van der Waals surface area (Å²) in [5.41, 5.74) is 1.53. The van der Waals surface area contributed by atoms with E-state index in [1.165, 1.54) is 4.90 Å². The SMILES string of the molecule is C[Si](C)(C)CCOCN1C(=O)CCC(N2Cc3ccc(Br)cc3C2=O)C1=O. The van der Waals surface area contributed by atoms with Crippen LogP contribution in [0.1, 0.15) is 28.8 Å². The number of likely N-dealkylation sites (tertiary alicyclic amines) is 1. The van der Waals surface area contributed by atoms with E-state index in [1.807, 2.05) is 12.1 Å². The molecule has 1 saturated heterocycles. The number of halogens is 1. The lowest BCUT2D eigenvalue weighted by molar-refractivity contribution is -0.158. The highest BCUT2D eigenvalue weighted by Crippen LogP contribution is 2.30. The van der Waals surface area contributed by atoms with Gasteiger partial charge in [0.05, 0.1) is 0 Å². The van der Waals surface area contributed by atoms with Crippen molar-refractivity contribution in [2.45, 2.75) is 51.1 Å². The predicted octanol–water partition coefficient (Wildman–Crippen LogP) is 3.23. The van der Waals surface area contributed by atoms with Crippen LogP contribution in [0.5, 0.6) is 0 Å². The van der Waals surface area contributed by atoms with E-state index in [0.29, 0.717) is 25.1 Å². The number of benzene rings is 1. The smallest absolute Gasteiger partial charge is 0.255 e. The Morgan fingerprint density at radius 3 is 2.67 bits per heavy atom. The van der Waals surface area contributed by atoms with Gasteiger partial charge in [0.2, 0.25) is 5.91 Å². The van der Waals surface area contributed by atoms with Crippen LogP contribution in [-0.4, -0.2) is 55.0 Å². The van der Waals surface area contributed by atoms with Crippen LogP contribution in [0.4, 0.5) is 0 Å². The molecule has 1 aromatic carbocycles. The minimum absolute atomic E-state index is 0.0286. The van der Waals surface area contributed by atoms with Crippen LogP contribution in [0.2, 0.25) is 25.7 Å². The van der Waals surface area contributed by atoms with Crippen molar-refractivity contribution in [3.05, 3.63) is 33.8 Å². The van der Waals surface area contributed by atoms with E-state index in [-0.39, 0.29) is 30.9 Å². The fraction of sp³-hybridized carbons (Fsp3) is 0.526. The van der Waals surface area contributed by atoms with E-state index in [2.05, 4.69) is 35.6 Å². The molecule has 6 nitrogen and oxygen atoms in total. The molecule has 0 aliphatic carbocycles. The first-order valence-electron chi connectivity index (χ1n) is 9.19. The van der Waals surface area contributed by atoms with Crippen LogP contribution in [0, 0.1) is 0 Å². The molecule has 3 rings (SSSR count). The molecule has 0 spiro atoms. The number of carbonyl (C=O) groups excluding carboxylic acids is 3. The third-order valence-corrected chi connectivity index (χ3v) is 7.18. The lowest BCUT2D eigenvalue weighted by Gasteiger charge is -2.35. The Kier molecular flexibility index (Phi) is 5.88. The normalized spacial score (nSPS) is 20.4. The minimum Gasteiger partial charge on any atom is -0.361 e. The number of piperidine rings is 1. The van der Waals surface area contributed by atoms with E-state index >= 15 is 0 Å². The molecule has 3 amide bonds. The number of amides is 3. The summed E-state index contributed by atoms with van der Waals surface area (Å²) in [4.78, 5) is 40.7. The second-order valence-corrected chi connectivity index (χ2v) is 14.8. The lowest BCUT2D eigenvalue weighted by atomic mass is 10.0. The molecule has 2 aliphatic rings. The maximum Gasteiger partial charge on any atom is 0.255 e. The molecule has 0 aromatic heterocycles. The number of carbonyl (C=O) groups is 3. The summed E-state index contributed by atoms with van der Waals surface area (Å²) in [6, 6.07) is 5.93. The first-order chi connectivity index (χ1) is 12.7. The Morgan fingerprint density at radius 1 is 1.22 bits per heavy atom. The fourth-order valence-electron chi connectivity index (χ4n) is 3.33. The highest BCUT2D eigenvalue weighted by molar-refractivity contribution is 9.10. The Balaban J connectivity index is 1.66. The molecule has 0 radical (unpaired) electrons. The average molecular weight is 453 g/mol. The van der Waals surface area contributed by atoms with Gasteiger partial charge < -0.3 is 9.64 Å². The van der Waals surface area contributed by atoms with Gasteiger partial charge in [-0.25, -0.2) is 0 Å². The van der Waals surface area contributed by atoms with Gasteiger partial charge in [-0.1, -0.05) is 41.6 Å². The van der Waals surface area contributed by atoms with Gasteiger partial charge in [0, 0.05) is 37.7 Å². The molecule has 0 N–H and O–H groups in total. The molecule has 1 unspecified atom stereocenters. The zero-order valence-corrected chi connectivity index (χ0v) is 18.5. The van der Waals surface area contributed by atoms with Crippen LogP contribution in [0.15, 0.2) is 22.7 Å². The van der Waals surface area contributed by atoms with Crippen molar-refractivity contribution in [2.75, 3.05) is 13.3 Å². The second kappa shape index (κ2) is 7.85. The van der Waals surface area contributed by atoms with Crippen molar-refractivity contribution in [2.24, 2.45) is 0 Å². The molecule has 0 bridgehead atoms. The second-order valence-electron chi connectivity index (χ2n) is 8.30. The number of ether oxygens (including phenoxy) is 1. The number of fused-ring (bicyclic) bond motifs is 1. The Labute approximate surface area is 169 Å². The topological polar surface area (TPSA) is 66.9 Å². The van der Waals surface area contributed by atoms with Gasteiger partial charge in [0.25, 0.3) is 11.8 Å². The zero-order chi connectivity index (χ0) is 19.8. The van der Waals surface area contributed by atoms with Crippen molar-refractivity contribution in [3.8, 4) is 0 Å². The Morgan fingerprint density at radius 2 is 1.96 bits per heavy atom. The maximum atomic E-state index is 12.9. The van der Waals surface area contributed by atoms with Crippen molar-refractivity contribution in [1.82, 2.24) is 9.80 Å². The lowest BCUT2D eigenvalue weighted by Crippen LogP contribution is -2.55. The van der Waals surface area contributed by atoms with Gasteiger partial charge in [0.1, 0.15) is 12.8 Å². The van der Waals surface area contributed by atoms with Gasteiger partial charge >= 0.3 is 0 Å². The Bertz CT molecular complexity index is 777. The van der Waals surface area contributed by atoms with E-state index in [0.717, 1.165) is 16.1 Å². The monoisotopic (exact) mass is 452 g/mol. The number of nitrogens with zero attached hydrogens (tertiary/aromatic N) is 2. The average Bonchev–Trinajstić information content (AvgIpc) is 2.89. The zero-order valence-electron chi connectivity index (χ0n) is 16.0. The third kappa shape index (κ3) is 4.49. The number of hydrogen-bond donors (Lipinski definition) is 0. The van der Waals surface area contributed by atoms with Crippen molar-refractivity contribution < 1.29 is 19.1 Å². The first kappa shape index (κ1) is 20.2. The predicted molar refractivity (Wildman–Crippen MR) is 108 cm³/mol. The van der Waals surface area contributed by atoms with E-state index in [1.54, 1.807) is 11.0 Å². The molecule has 1 atom stereocenters. The van der Waals surface area contributed by atoms with E-state index in [4.69, 9.17) is 4.74 Å². The largest absolute Gasteiger partial charge is 0.361 e. The molecular formula is C19H25BrN2O4Si. The quantitative estimate of drug-likeness (QED) is 0.377. The standard InChI is InChI=1S/C19H25BrN2O4Si/c1-27(2,3)9-8-26-12-22-17(23)7-6-16(19(22)25)21-11-13-4-5-14(20)10-15(13)18(21)24/h4-5,10,16H,6-9,11-12H2,1-3H3. The molecule has 0 saturated carbocycles. The summed E-state index contributed by atoms with van der Waals surface area (Å²) < 4.78 is 6.45. The van der Waals surface area contributed by atoms with Gasteiger partial charge in [-0.3, -0.25) is 19.3 Å². The molecule has 2 aliphatic heterocycles. The third-order valence-electron chi connectivity index (χ3n) is 4.98. The summed E-state index contributed by atoms with van der Waals surface area (Å²) in [6.07, 6.45) is 0.613. The molecule has 8 heteroatoms. The highest BCUT2D eigenvalue weighted by Gasteiger charge is 2.42. The summed E-state index contributed by atoms with van der Waals surface area (Å²) >= 11 is 3.38. The molecule has 2 heterocycles. The van der Waals surface area contributed by atoms with Crippen LogP contribution < -0.4 is 0 Å². The van der Waals surface area contributed by atoms with Crippen LogP contribution >= 0.6 is 15.9 Å². The minimum atomic E-state index is -1.23.